The minimum Gasteiger partial charge on any atom is -0.480 e. The van der Waals surface area contributed by atoms with E-state index in [-0.39, 0.29) is 6.04 Å². The lowest BCUT2D eigenvalue weighted by Crippen LogP contribution is -2.50. The fourth-order valence-electron chi connectivity index (χ4n) is 1.61. The van der Waals surface area contributed by atoms with Gasteiger partial charge >= 0.3 is 12.0 Å². The largest absolute Gasteiger partial charge is 0.480 e. The zero-order chi connectivity index (χ0) is 15.1. The van der Waals surface area contributed by atoms with Gasteiger partial charge in [-0.2, -0.15) is 0 Å². The van der Waals surface area contributed by atoms with E-state index in [0.29, 0.717) is 12.2 Å². The summed E-state index contributed by atoms with van der Waals surface area (Å²) in [7, 11) is 0. The molecular formula is C12H17N3O5. The Labute approximate surface area is 115 Å². The van der Waals surface area contributed by atoms with Crippen molar-refractivity contribution in [1.29, 1.82) is 0 Å². The molecule has 110 valence electrons. The number of furan rings is 1. The molecule has 8 heteroatoms. The Morgan fingerprint density at radius 3 is 2.60 bits per heavy atom. The number of rotatable bonds is 7. The number of nitrogens with two attached hydrogens (primary N) is 1. The van der Waals surface area contributed by atoms with Crippen molar-refractivity contribution in [2.45, 2.75) is 31.8 Å². The highest BCUT2D eigenvalue weighted by Crippen LogP contribution is 2.03. The lowest BCUT2D eigenvalue weighted by Gasteiger charge is -2.17. The summed E-state index contributed by atoms with van der Waals surface area (Å²) in [5.41, 5.74) is 4.91. The summed E-state index contributed by atoms with van der Waals surface area (Å²) in [6, 6.07) is 1.21. The maximum Gasteiger partial charge on any atom is 0.326 e. The molecule has 0 fully saturated rings. The molecule has 0 aliphatic carbocycles. The third-order valence-corrected chi connectivity index (χ3v) is 2.47. The van der Waals surface area contributed by atoms with Crippen molar-refractivity contribution < 1.29 is 23.9 Å². The summed E-state index contributed by atoms with van der Waals surface area (Å²) in [6.45, 7) is 1.74. The van der Waals surface area contributed by atoms with E-state index in [0.717, 1.165) is 0 Å². The molecule has 0 bridgehead atoms. The van der Waals surface area contributed by atoms with Crippen LogP contribution < -0.4 is 16.4 Å². The molecule has 1 unspecified atom stereocenters. The number of carboxylic acids is 1. The van der Waals surface area contributed by atoms with Crippen LogP contribution in [0.5, 0.6) is 0 Å². The molecule has 0 saturated heterocycles. The topological polar surface area (TPSA) is 135 Å². The van der Waals surface area contributed by atoms with Gasteiger partial charge in [0, 0.05) is 12.5 Å². The summed E-state index contributed by atoms with van der Waals surface area (Å²) in [6.07, 6.45) is 1.53. The zero-order valence-electron chi connectivity index (χ0n) is 11.0. The van der Waals surface area contributed by atoms with Gasteiger partial charge in [0.25, 0.3) is 0 Å². The molecule has 1 aromatic heterocycles. The van der Waals surface area contributed by atoms with Gasteiger partial charge in [-0.15, -0.1) is 0 Å². The first-order valence-corrected chi connectivity index (χ1v) is 5.99. The number of hydrogen-bond acceptors (Lipinski definition) is 4. The molecule has 1 rings (SSSR count). The van der Waals surface area contributed by atoms with Crippen molar-refractivity contribution in [3.8, 4) is 0 Å². The fourth-order valence-corrected chi connectivity index (χ4v) is 1.61. The van der Waals surface area contributed by atoms with Crippen LogP contribution in [0.4, 0.5) is 4.79 Å². The molecule has 0 spiro atoms. The van der Waals surface area contributed by atoms with Gasteiger partial charge in [0.2, 0.25) is 5.91 Å². The maximum atomic E-state index is 11.6. The third kappa shape index (κ3) is 5.42. The molecule has 8 nitrogen and oxygen atoms in total. The third-order valence-electron chi connectivity index (χ3n) is 2.47. The number of nitrogens with one attached hydrogen (secondary N) is 2. The Balaban J connectivity index is 2.44. The van der Waals surface area contributed by atoms with Gasteiger partial charge in [-0.3, -0.25) is 4.79 Å². The zero-order valence-corrected chi connectivity index (χ0v) is 11.0. The first-order chi connectivity index (χ1) is 9.38. The van der Waals surface area contributed by atoms with Crippen molar-refractivity contribution in [3.63, 3.8) is 0 Å². The Bertz CT molecular complexity index is 471. The van der Waals surface area contributed by atoms with Crippen molar-refractivity contribution >= 4 is 17.9 Å². The fraction of sp³-hybridized carbons (Fsp3) is 0.417. The quantitative estimate of drug-likeness (QED) is 0.551. The summed E-state index contributed by atoms with van der Waals surface area (Å²) in [5.74, 6) is -1.43. The van der Waals surface area contributed by atoms with Gasteiger partial charge in [0.15, 0.2) is 0 Å². The highest BCUT2D eigenvalue weighted by molar-refractivity contribution is 5.87. The average molecular weight is 283 g/mol. The van der Waals surface area contributed by atoms with Crippen LogP contribution in [-0.2, 0) is 16.0 Å². The number of carbonyl (C=O) groups excluding carboxylic acids is 2. The van der Waals surface area contributed by atoms with Crippen LogP contribution in [0.25, 0.3) is 0 Å². The van der Waals surface area contributed by atoms with Crippen LogP contribution in [0, 0.1) is 0 Å². The Kier molecular flexibility index (Phi) is 5.57. The molecule has 3 amide bonds. The summed E-state index contributed by atoms with van der Waals surface area (Å²) in [4.78, 5) is 33.2. The highest BCUT2D eigenvalue weighted by Gasteiger charge is 2.22. The molecule has 2 atom stereocenters. The lowest BCUT2D eigenvalue weighted by atomic mass is 10.2. The van der Waals surface area contributed by atoms with Crippen molar-refractivity contribution in [2.24, 2.45) is 5.73 Å². The number of hydrogen-bond donors (Lipinski definition) is 4. The van der Waals surface area contributed by atoms with Gasteiger partial charge in [-0.25, -0.2) is 9.59 Å². The van der Waals surface area contributed by atoms with Crippen LogP contribution in [0.3, 0.4) is 0 Å². The van der Waals surface area contributed by atoms with Crippen molar-refractivity contribution in [3.05, 3.63) is 24.2 Å². The van der Waals surface area contributed by atoms with Crippen LogP contribution in [0.1, 0.15) is 19.1 Å². The molecule has 0 saturated carbocycles. The highest BCUT2D eigenvalue weighted by atomic mass is 16.4. The molecule has 0 aromatic carbocycles. The Morgan fingerprint density at radius 2 is 2.10 bits per heavy atom. The van der Waals surface area contributed by atoms with E-state index in [1.807, 2.05) is 0 Å². The van der Waals surface area contributed by atoms with Crippen molar-refractivity contribution in [2.75, 3.05) is 0 Å². The van der Waals surface area contributed by atoms with E-state index in [2.05, 4.69) is 10.6 Å². The predicted molar refractivity (Wildman–Crippen MR) is 68.8 cm³/mol. The van der Waals surface area contributed by atoms with Gasteiger partial charge in [0.05, 0.1) is 12.7 Å². The monoisotopic (exact) mass is 283 g/mol. The Hall–Kier alpha value is -2.51. The molecule has 1 heterocycles. The lowest BCUT2D eigenvalue weighted by molar-refractivity contribution is -0.140. The Morgan fingerprint density at radius 1 is 1.40 bits per heavy atom. The summed E-state index contributed by atoms with van der Waals surface area (Å²) in [5, 5.41) is 13.6. The van der Waals surface area contributed by atoms with Gasteiger partial charge in [0.1, 0.15) is 11.8 Å². The normalized spacial score (nSPS) is 13.2. The number of aliphatic carboxylic acids is 1. The van der Waals surface area contributed by atoms with Crippen LogP contribution in [0.2, 0.25) is 0 Å². The van der Waals surface area contributed by atoms with E-state index in [1.165, 1.54) is 6.26 Å². The van der Waals surface area contributed by atoms with E-state index >= 15 is 0 Å². The number of carboxylic acid groups (broad SMARTS) is 1. The van der Waals surface area contributed by atoms with Gasteiger partial charge in [-0.1, -0.05) is 0 Å². The van der Waals surface area contributed by atoms with Crippen LogP contribution >= 0.6 is 0 Å². The minimum absolute atomic E-state index is 0.260. The van der Waals surface area contributed by atoms with E-state index < -0.39 is 30.4 Å². The molecule has 0 aliphatic heterocycles. The van der Waals surface area contributed by atoms with Crippen LogP contribution in [-0.4, -0.2) is 35.1 Å². The number of carbonyl (C=O) groups is 3. The molecule has 0 aliphatic rings. The predicted octanol–water partition coefficient (Wildman–Crippen LogP) is -0.162. The van der Waals surface area contributed by atoms with Crippen molar-refractivity contribution in [1.82, 2.24) is 10.6 Å². The van der Waals surface area contributed by atoms with Crippen LogP contribution in [0.15, 0.2) is 22.8 Å². The smallest absolute Gasteiger partial charge is 0.326 e. The summed E-state index contributed by atoms with van der Waals surface area (Å²) < 4.78 is 5.13. The molecular weight excluding hydrogens is 266 g/mol. The second kappa shape index (κ2) is 7.17. The maximum absolute atomic E-state index is 11.6. The molecule has 0 radical (unpaired) electrons. The second-order valence-electron chi connectivity index (χ2n) is 4.36. The standard InChI is InChI=1S/C12H17N3O5/c1-7(5-8-3-2-4-20-8)14-12(19)15-9(11(17)18)6-10(13)16/h2-4,7,9H,5-6H2,1H3,(H2,13,16)(H,17,18)(H2,14,15,19)/t7?,9-/m1/s1. The molecule has 20 heavy (non-hydrogen) atoms. The first-order valence-electron chi connectivity index (χ1n) is 5.99. The number of amides is 3. The first kappa shape index (κ1) is 15.5. The SMILES string of the molecule is CC(Cc1ccco1)NC(=O)N[C@H](CC(N)=O)C(=O)O. The minimum atomic E-state index is -1.34. The van der Waals surface area contributed by atoms with E-state index in [1.54, 1.807) is 19.1 Å². The average Bonchev–Trinajstić information content (AvgIpc) is 2.79. The van der Waals surface area contributed by atoms with E-state index in [9.17, 15) is 14.4 Å². The molecule has 1 aromatic rings. The number of urea groups is 1. The number of primary amides is 1. The van der Waals surface area contributed by atoms with Gasteiger partial charge < -0.3 is 25.9 Å². The summed E-state index contributed by atoms with van der Waals surface area (Å²) >= 11 is 0. The van der Waals surface area contributed by atoms with Gasteiger partial charge in [-0.05, 0) is 19.1 Å². The van der Waals surface area contributed by atoms with E-state index in [4.69, 9.17) is 15.3 Å². The second-order valence-corrected chi connectivity index (χ2v) is 4.36. The molecule has 5 N–H and O–H groups in total.